The first kappa shape index (κ1) is 25.8. The molecular formula is C29H18F8O. The quantitative estimate of drug-likeness (QED) is 0.177. The molecule has 0 unspecified atom stereocenters. The molecule has 0 amide bonds. The molecule has 0 radical (unpaired) electrons. The Kier molecular flexibility index (Phi) is 6.63. The smallest absolute Gasteiger partial charge is 0.429 e. The first-order valence-corrected chi connectivity index (χ1v) is 11.6. The zero-order valence-corrected chi connectivity index (χ0v) is 19.5. The molecule has 0 bridgehead atoms. The average Bonchev–Trinajstić information content (AvgIpc) is 2.81. The zero-order chi connectivity index (χ0) is 27.2. The number of rotatable bonds is 6. The molecule has 0 N–H and O–H groups in total. The summed E-state index contributed by atoms with van der Waals surface area (Å²) in [7, 11) is 0. The molecule has 0 saturated heterocycles. The van der Waals surface area contributed by atoms with Gasteiger partial charge in [0.25, 0.3) is 0 Å². The summed E-state index contributed by atoms with van der Waals surface area (Å²) in [6.45, 7) is 0. The molecule has 4 aromatic carbocycles. The summed E-state index contributed by atoms with van der Waals surface area (Å²) in [6.07, 6.45) is -1.27. The minimum Gasteiger partial charge on any atom is -0.429 e. The van der Waals surface area contributed by atoms with Crippen molar-refractivity contribution in [1.29, 1.82) is 0 Å². The van der Waals surface area contributed by atoms with Gasteiger partial charge in [-0.1, -0.05) is 42.8 Å². The number of ether oxygens (including phenoxy) is 1. The van der Waals surface area contributed by atoms with Crippen molar-refractivity contribution in [3.05, 3.63) is 113 Å². The van der Waals surface area contributed by atoms with E-state index in [0.29, 0.717) is 23.6 Å². The molecule has 1 aliphatic rings. The maximum Gasteiger partial charge on any atom is 0.432 e. The first-order valence-electron chi connectivity index (χ1n) is 11.6. The van der Waals surface area contributed by atoms with Crippen LogP contribution in [-0.4, -0.2) is 0 Å². The van der Waals surface area contributed by atoms with Gasteiger partial charge in [0.05, 0.1) is 0 Å². The maximum atomic E-state index is 15.0. The fraction of sp³-hybridized carbons (Fsp3) is 0.172. The van der Waals surface area contributed by atoms with Crippen molar-refractivity contribution < 1.29 is 39.9 Å². The number of hydrogen-bond acceptors (Lipinski definition) is 1. The number of hydrogen-bond donors (Lipinski definition) is 0. The van der Waals surface area contributed by atoms with Crippen molar-refractivity contribution in [2.75, 3.05) is 0 Å². The molecule has 1 fully saturated rings. The second-order valence-electron chi connectivity index (χ2n) is 9.08. The molecule has 1 nitrogen and oxygen atoms in total. The first-order chi connectivity index (χ1) is 18.0. The SMILES string of the molecule is Fc1cc(-c2ccc(C3CCC3)cc2)ccc1-c1cc(F)c(C(F)(F)Oc2cc(F)c(F)c(F)c2)c(F)c1. The third-order valence-electron chi connectivity index (χ3n) is 6.64. The second kappa shape index (κ2) is 9.78. The lowest BCUT2D eigenvalue weighted by atomic mass is 9.80. The molecule has 0 aromatic heterocycles. The van der Waals surface area contributed by atoms with E-state index < -0.39 is 52.3 Å². The largest absolute Gasteiger partial charge is 0.432 e. The predicted octanol–water partition coefficient (Wildman–Crippen LogP) is 9.25. The molecule has 0 atom stereocenters. The van der Waals surface area contributed by atoms with Gasteiger partial charge in [-0.3, -0.25) is 0 Å². The molecule has 1 aliphatic carbocycles. The molecule has 5 rings (SSSR count). The lowest BCUT2D eigenvalue weighted by Crippen LogP contribution is -2.25. The lowest BCUT2D eigenvalue weighted by molar-refractivity contribution is -0.189. The second-order valence-corrected chi connectivity index (χ2v) is 9.08. The molecule has 0 heterocycles. The topological polar surface area (TPSA) is 9.23 Å². The highest BCUT2D eigenvalue weighted by atomic mass is 19.3. The van der Waals surface area contributed by atoms with Gasteiger partial charge < -0.3 is 4.74 Å². The molecule has 4 aromatic rings. The fourth-order valence-corrected chi connectivity index (χ4v) is 4.42. The molecular weight excluding hydrogens is 516 g/mol. The van der Waals surface area contributed by atoms with Crippen LogP contribution < -0.4 is 4.74 Å². The third kappa shape index (κ3) is 4.85. The van der Waals surface area contributed by atoms with E-state index in [1.54, 1.807) is 0 Å². The van der Waals surface area contributed by atoms with Gasteiger partial charge >= 0.3 is 6.11 Å². The minimum absolute atomic E-state index is 0.105. The van der Waals surface area contributed by atoms with E-state index in [4.69, 9.17) is 0 Å². The Morgan fingerprint density at radius 3 is 1.68 bits per heavy atom. The van der Waals surface area contributed by atoms with Gasteiger partial charge in [0.15, 0.2) is 17.5 Å². The lowest BCUT2D eigenvalue weighted by Gasteiger charge is -2.25. The van der Waals surface area contributed by atoms with E-state index in [-0.39, 0.29) is 23.3 Å². The molecule has 196 valence electrons. The Labute approximate surface area is 212 Å². The summed E-state index contributed by atoms with van der Waals surface area (Å²) in [5, 5.41) is 0. The summed E-state index contributed by atoms with van der Waals surface area (Å²) in [4.78, 5) is 0. The van der Waals surface area contributed by atoms with Crippen LogP contribution in [0.25, 0.3) is 22.3 Å². The van der Waals surface area contributed by atoms with Crippen LogP contribution in [-0.2, 0) is 6.11 Å². The Balaban J connectivity index is 1.42. The van der Waals surface area contributed by atoms with Crippen LogP contribution in [0.3, 0.4) is 0 Å². The predicted molar refractivity (Wildman–Crippen MR) is 125 cm³/mol. The van der Waals surface area contributed by atoms with E-state index in [2.05, 4.69) is 4.74 Å². The van der Waals surface area contributed by atoms with Gasteiger partial charge in [-0.2, -0.15) is 8.78 Å². The van der Waals surface area contributed by atoms with Crippen LogP contribution in [0.5, 0.6) is 5.75 Å². The highest BCUT2D eigenvalue weighted by molar-refractivity contribution is 5.71. The highest BCUT2D eigenvalue weighted by Gasteiger charge is 2.41. The fourth-order valence-electron chi connectivity index (χ4n) is 4.42. The molecule has 1 saturated carbocycles. The molecule has 0 spiro atoms. The van der Waals surface area contributed by atoms with E-state index in [1.165, 1.54) is 30.2 Å². The van der Waals surface area contributed by atoms with Crippen molar-refractivity contribution >= 4 is 0 Å². The van der Waals surface area contributed by atoms with Crippen molar-refractivity contribution in [2.45, 2.75) is 31.3 Å². The van der Waals surface area contributed by atoms with Crippen LogP contribution in [0.2, 0.25) is 0 Å². The minimum atomic E-state index is -4.74. The third-order valence-corrected chi connectivity index (χ3v) is 6.64. The van der Waals surface area contributed by atoms with Crippen molar-refractivity contribution in [3.63, 3.8) is 0 Å². The summed E-state index contributed by atoms with van der Waals surface area (Å²) < 4.78 is 117. The average molecular weight is 534 g/mol. The zero-order valence-electron chi connectivity index (χ0n) is 19.5. The van der Waals surface area contributed by atoms with Crippen LogP contribution >= 0.6 is 0 Å². The van der Waals surface area contributed by atoms with Gasteiger partial charge in [0, 0.05) is 17.7 Å². The van der Waals surface area contributed by atoms with Crippen LogP contribution in [0.15, 0.2) is 66.7 Å². The highest BCUT2D eigenvalue weighted by Crippen LogP contribution is 2.39. The monoisotopic (exact) mass is 534 g/mol. The van der Waals surface area contributed by atoms with Gasteiger partial charge in [-0.05, 0) is 59.2 Å². The standard InChI is InChI=1S/C29H18F8O/c30-22-10-18(17-6-4-16(5-7-17)15-2-1-3-15)8-9-21(22)19-11-23(31)27(24(32)12-19)29(36,37)38-20-13-25(33)28(35)26(34)14-20/h4-15H,1-3H2. The van der Waals surface area contributed by atoms with Crippen LogP contribution in [0.4, 0.5) is 35.1 Å². The van der Waals surface area contributed by atoms with Crippen molar-refractivity contribution in [3.8, 4) is 28.0 Å². The van der Waals surface area contributed by atoms with Crippen molar-refractivity contribution in [1.82, 2.24) is 0 Å². The van der Waals surface area contributed by atoms with Gasteiger partial charge in [-0.15, -0.1) is 0 Å². The summed E-state index contributed by atoms with van der Waals surface area (Å²) in [6, 6.07) is 12.9. The summed E-state index contributed by atoms with van der Waals surface area (Å²) in [5.74, 6) is -10.7. The van der Waals surface area contributed by atoms with Gasteiger partial charge in [0.1, 0.15) is 28.8 Å². The Bertz CT molecular complexity index is 1460. The number of halogens is 8. The normalized spacial score (nSPS) is 13.9. The number of alkyl halides is 2. The Morgan fingerprint density at radius 2 is 1.16 bits per heavy atom. The summed E-state index contributed by atoms with van der Waals surface area (Å²) >= 11 is 0. The number of benzene rings is 4. The van der Waals surface area contributed by atoms with Gasteiger partial charge in [0.2, 0.25) is 0 Å². The van der Waals surface area contributed by atoms with E-state index in [0.717, 1.165) is 18.4 Å². The van der Waals surface area contributed by atoms with Crippen LogP contribution in [0, 0.1) is 34.9 Å². The van der Waals surface area contributed by atoms with Crippen LogP contribution in [0.1, 0.15) is 36.3 Å². The Hall–Kier alpha value is -3.88. The van der Waals surface area contributed by atoms with Gasteiger partial charge in [-0.25, -0.2) is 26.3 Å². The summed E-state index contributed by atoms with van der Waals surface area (Å²) in [5.41, 5.74) is -0.00755. The van der Waals surface area contributed by atoms with E-state index >= 15 is 0 Å². The van der Waals surface area contributed by atoms with E-state index in [1.807, 2.05) is 24.3 Å². The Morgan fingerprint density at radius 1 is 0.605 bits per heavy atom. The molecule has 9 heteroatoms. The maximum absolute atomic E-state index is 15.0. The molecule has 38 heavy (non-hydrogen) atoms. The van der Waals surface area contributed by atoms with Crippen molar-refractivity contribution in [2.24, 2.45) is 0 Å². The molecule has 0 aliphatic heterocycles. The van der Waals surface area contributed by atoms with E-state index in [9.17, 15) is 35.1 Å².